The summed E-state index contributed by atoms with van der Waals surface area (Å²) < 4.78 is 42.5. The Labute approximate surface area is 120 Å². The molecule has 0 bridgehead atoms. The van der Waals surface area contributed by atoms with Crippen molar-refractivity contribution in [1.82, 2.24) is 0 Å². The van der Waals surface area contributed by atoms with Gasteiger partial charge in [0.15, 0.2) is 0 Å². The van der Waals surface area contributed by atoms with Crippen LogP contribution in [0.2, 0.25) is 0 Å². The van der Waals surface area contributed by atoms with E-state index in [1.807, 2.05) is 4.90 Å². The first-order valence-electron chi connectivity index (χ1n) is 6.62. The van der Waals surface area contributed by atoms with Crippen LogP contribution in [0.25, 0.3) is 0 Å². The van der Waals surface area contributed by atoms with Gasteiger partial charge in [-0.2, -0.15) is 13.2 Å². The lowest BCUT2D eigenvalue weighted by Crippen LogP contribution is -2.37. The third-order valence-electron chi connectivity index (χ3n) is 3.73. The molecule has 0 atom stereocenters. The lowest BCUT2D eigenvalue weighted by atomic mass is 9.96. The molecule has 0 aromatic heterocycles. The Bertz CT molecular complexity index is 523. The fraction of sp³-hybridized carbons (Fsp3) is 0.500. The highest BCUT2D eigenvalue weighted by Gasteiger charge is 2.32. The summed E-state index contributed by atoms with van der Waals surface area (Å²) in [5, 5.41) is 0. The Hall–Kier alpha value is -1.92. The number of rotatable bonds is 2. The number of methoxy groups -OCH3 is 1. The van der Waals surface area contributed by atoms with Crippen molar-refractivity contribution in [3.8, 4) is 0 Å². The fourth-order valence-electron chi connectivity index (χ4n) is 2.54. The molecule has 1 saturated heterocycles. The van der Waals surface area contributed by atoms with Crippen LogP contribution in [-0.2, 0) is 15.7 Å². The molecule has 0 unspecified atom stereocenters. The predicted octanol–water partition coefficient (Wildman–Crippen LogP) is 2.68. The van der Waals surface area contributed by atoms with Crippen LogP contribution in [-0.4, -0.2) is 26.2 Å². The zero-order chi connectivity index (χ0) is 15.6. The monoisotopic (exact) mass is 302 g/mol. The van der Waals surface area contributed by atoms with Gasteiger partial charge in [-0.15, -0.1) is 0 Å². The second-order valence-corrected chi connectivity index (χ2v) is 5.06. The molecule has 0 aliphatic carbocycles. The first kappa shape index (κ1) is 15.5. The second-order valence-electron chi connectivity index (χ2n) is 5.06. The molecule has 1 aliphatic heterocycles. The van der Waals surface area contributed by atoms with Gasteiger partial charge in [-0.25, -0.2) is 0 Å². The number of benzene rings is 1. The van der Waals surface area contributed by atoms with Gasteiger partial charge in [-0.1, -0.05) is 0 Å². The van der Waals surface area contributed by atoms with Crippen LogP contribution in [0.5, 0.6) is 0 Å². The van der Waals surface area contributed by atoms with E-state index >= 15 is 0 Å². The Kier molecular flexibility index (Phi) is 4.29. The number of nitrogen functional groups attached to an aromatic ring is 1. The summed E-state index contributed by atoms with van der Waals surface area (Å²) in [5.74, 6) is -0.392. The minimum Gasteiger partial charge on any atom is -0.469 e. The molecule has 0 amide bonds. The highest BCUT2D eigenvalue weighted by atomic mass is 19.4. The lowest BCUT2D eigenvalue weighted by molar-refractivity contribution is -0.146. The Morgan fingerprint density at radius 1 is 1.33 bits per heavy atom. The van der Waals surface area contributed by atoms with Gasteiger partial charge in [-0.05, 0) is 31.0 Å². The molecule has 1 heterocycles. The number of carbonyl (C=O) groups excluding carboxylic acids is 1. The zero-order valence-corrected chi connectivity index (χ0v) is 11.6. The van der Waals surface area contributed by atoms with Crippen LogP contribution >= 0.6 is 0 Å². The maximum Gasteiger partial charge on any atom is 0.416 e. The summed E-state index contributed by atoms with van der Waals surface area (Å²) in [5.41, 5.74) is 5.65. The van der Waals surface area contributed by atoms with Gasteiger partial charge >= 0.3 is 12.1 Å². The zero-order valence-electron chi connectivity index (χ0n) is 11.6. The maximum atomic E-state index is 12.6. The lowest BCUT2D eigenvalue weighted by Gasteiger charge is -2.33. The first-order valence-corrected chi connectivity index (χ1v) is 6.62. The molecule has 0 radical (unpaired) electrons. The minimum absolute atomic E-state index is 0.0985. The smallest absolute Gasteiger partial charge is 0.416 e. The average molecular weight is 302 g/mol. The molecular formula is C14H17F3N2O2. The standard InChI is InChI=1S/C14H17F3N2O2/c1-21-13(20)9-4-6-19(7-5-9)12-3-2-10(8-11(12)18)14(15,16)17/h2-3,8-9H,4-7,18H2,1H3. The number of halogens is 3. The van der Waals surface area contributed by atoms with Crippen LogP contribution in [0.4, 0.5) is 24.5 Å². The van der Waals surface area contributed by atoms with Gasteiger partial charge in [0.25, 0.3) is 0 Å². The van der Waals surface area contributed by atoms with E-state index < -0.39 is 11.7 Å². The molecule has 2 rings (SSSR count). The number of anilines is 2. The van der Waals surface area contributed by atoms with Gasteiger partial charge in [0.2, 0.25) is 0 Å². The Morgan fingerprint density at radius 2 is 1.95 bits per heavy atom. The molecule has 4 nitrogen and oxygen atoms in total. The van der Waals surface area contributed by atoms with Crippen LogP contribution in [0.3, 0.4) is 0 Å². The fourth-order valence-corrected chi connectivity index (χ4v) is 2.54. The molecule has 1 aromatic rings. The molecule has 1 aliphatic rings. The van der Waals surface area contributed by atoms with Crippen LogP contribution in [0.1, 0.15) is 18.4 Å². The number of piperidine rings is 1. The van der Waals surface area contributed by atoms with Crippen molar-refractivity contribution in [3.63, 3.8) is 0 Å². The van der Waals surface area contributed by atoms with E-state index in [-0.39, 0.29) is 17.6 Å². The van der Waals surface area contributed by atoms with E-state index in [2.05, 4.69) is 0 Å². The molecule has 7 heteroatoms. The molecule has 21 heavy (non-hydrogen) atoms. The summed E-state index contributed by atoms with van der Waals surface area (Å²) in [6.07, 6.45) is -3.19. The summed E-state index contributed by atoms with van der Waals surface area (Å²) in [4.78, 5) is 13.3. The van der Waals surface area contributed by atoms with Gasteiger partial charge in [-0.3, -0.25) is 4.79 Å². The van der Waals surface area contributed by atoms with E-state index in [0.717, 1.165) is 12.1 Å². The SMILES string of the molecule is COC(=O)C1CCN(c2ccc(C(F)(F)F)cc2N)CC1. The third-order valence-corrected chi connectivity index (χ3v) is 3.73. The van der Waals surface area contributed by atoms with Crippen molar-refractivity contribution in [2.75, 3.05) is 30.8 Å². The quantitative estimate of drug-likeness (QED) is 0.674. The number of hydrogen-bond donors (Lipinski definition) is 1. The first-order chi connectivity index (χ1) is 9.82. The van der Waals surface area contributed by atoms with E-state index in [9.17, 15) is 18.0 Å². The molecule has 2 N–H and O–H groups in total. The minimum atomic E-state index is -4.40. The summed E-state index contributed by atoms with van der Waals surface area (Å²) >= 11 is 0. The largest absolute Gasteiger partial charge is 0.469 e. The maximum absolute atomic E-state index is 12.6. The molecule has 116 valence electrons. The van der Waals surface area contributed by atoms with Crippen molar-refractivity contribution < 1.29 is 22.7 Å². The van der Waals surface area contributed by atoms with Crippen molar-refractivity contribution in [3.05, 3.63) is 23.8 Å². The number of alkyl halides is 3. The number of nitrogens with zero attached hydrogens (tertiary/aromatic N) is 1. The van der Waals surface area contributed by atoms with Crippen molar-refractivity contribution in [2.45, 2.75) is 19.0 Å². The van der Waals surface area contributed by atoms with Crippen LogP contribution < -0.4 is 10.6 Å². The number of nitrogens with two attached hydrogens (primary N) is 1. The topological polar surface area (TPSA) is 55.6 Å². The molecular weight excluding hydrogens is 285 g/mol. The normalized spacial score (nSPS) is 16.9. The van der Waals surface area contributed by atoms with Crippen LogP contribution in [0.15, 0.2) is 18.2 Å². The number of esters is 1. The summed E-state index contributed by atoms with van der Waals surface area (Å²) in [7, 11) is 1.35. The van der Waals surface area contributed by atoms with Crippen LogP contribution in [0, 0.1) is 5.92 Å². The van der Waals surface area contributed by atoms with E-state index in [0.29, 0.717) is 31.6 Å². The number of carbonyl (C=O) groups is 1. The van der Waals surface area contributed by atoms with Gasteiger partial charge in [0.1, 0.15) is 0 Å². The highest BCUT2D eigenvalue weighted by Crippen LogP contribution is 2.35. The van der Waals surface area contributed by atoms with E-state index in [4.69, 9.17) is 10.5 Å². The summed E-state index contributed by atoms with van der Waals surface area (Å²) in [6.45, 7) is 1.13. The van der Waals surface area contributed by atoms with Gasteiger partial charge in [0, 0.05) is 13.1 Å². The predicted molar refractivity (Wildman–Crippen MR) is 72.8 cm³/mol. The van der Waals surface area contributed by atoms with Gasteiger partial charge in [0.05, 0.1) is 30.0 Å². The second kappa shape index (κ2) is 5.83. The third kappa shape index (κ3) is 3.40. The summed E-state index contributed by atoms with van der Waals surface area (Å²) in [6, 6.07) is 3.36. The Balaban J connectivity index is 2.09. The van der Waals surface area contributed by atoms with Crippen molar-refractivity contribution in [1.29, 1.82) is 0 Å². The van der Waals surface area contributed by atoms with E-state index in [1.54, 1.807) is 0 Å². The molecule has 0 spiro atoms. The average Bonchev–Trinajstić information content (AvgIpc) is 2.45. The van der Waals surface area contributed by atoms with Gasteiger partial charge < -0.3 is 15.4 Å². The molecule has 0 saturated carbocycles. The molecule has 1 fully saturated rings. The van der Waals surface area contributed by atoms with E-state index in [1.165, 1.54) is 13.2 Å². The number of ether oxygens (including phenoxy) is 1. The number of hydrogen-bond acceptors (Lipinski definition) is 4. The Morgan fingerprint density at radius 3 is 2.43 bits per heavy atom. The van der Waals surface area contributed by atoms with Crippen molar-refractivity contribution in [2.24, 2.45) is 5.92 Å². The highest BCUT2D eigenvalue weighted by molar-refractivity contribution is 5.73. The van der Waals surface area contributed by atoms with Crippen molar-refractivity contribution >= 4 is 17.3 Å². The molecule has 1 aromatic carbocycles.